The van der Waals surface area contributed by atoms with Crippen molar-refractivity contribution in [2.24, 2.45) is 0 Å². The highest BCUT2D eigenvalue weighted by Crippen LogP contribution is 2.43. The molecule has 0 bridgehead atoms. The van der Waals surface area contributed by atoms with Gasteiger partial charge in [-0.05, 0) is 56.1 Å². The van der Waals surface area contributed by atoms with Crippen molar-refractivity contribution in [3.05, 3.63) is 56.5 Å². The van der Waals surface area contributed by atoms with Crippen LogP contribution in [0.1, 0.15) is 11.1 Å². The molecule has 0 fully saturated rings. The Morgan fingerprint density at radius 3 is 1.28 bits per heavy atom. The zero-order chi connectivity index (χ0) is 19.2. The van der Waals surface area contributed by atoms with E-state index in [0.29, 0.717) is 12.1 Å². The Bertz CT molecular complexity index is 850. The monoisotopic (exact) mass is 510 g/mol. The summed E-state index contributed by atoms with van der Waals surface area (Å²) in [5.41, 5.74) is -2.51. The zero-order valence-corrected chi connectivity index (χ0v) is 15.7. The predicted molar refractivity (Wildman–Crippen MR) is 83.7 cm³/mol. The fourth-order valence-electron chi connectivity index (χ4n) is 1.99. The molecule has 0 N–H and O–H groups in total. The van der Waals surface area contributed by atoms with E-state index in [-0.39, 0.29) is 0 Å². The quantitative estimate of drug-likeness (QED) is 0.458. The van der Waals surface area contributed by atoms with Crippen LogP contribution in [0.4, 0.5) is 26.3 Å². The first-order valence-electron chi connectivity index (χ1n) is 6.24. The second-order valence-corrected chi connectivity index (χ2v) is 8.21. The molecule has 136 valence electrons. The number of benzene rings is 2. The van der Waals surface area contributed by atoms with Gasteiger partial charge in [0.1, 0.15) is 0 Å². The van der Waals surface area contributed by atoms with Crippen molar-refractivity contribution in [2.75, 3.05) is 0 Å². The average molecular weight is 512 g/mol. The number of hydrogen-bond donors (Lipinski definition) is 0. The number of sulfone groups is 1. The molecule has 25 heavy (non-hydrogen) atoms. The van der Waals surface area contributed by atoms with Crippen molar-refractivity contribution in [3.63, 3.8) is 0 Å². The summed E-state index contributed by atoms with van der Waals surface area (Å²) in [4.78, 5) is -1.58. The van der Waals surface area contributed by atoms with Gasteiger partial charge in [-0.1, -0.05) is 12.1 Å². The van der Waals surface area contributed by atoms with Crippen molar-refractivity contribution in [2.45, 2.75) is 22.1 Å². The largest absolute Gasteiger partial charge is 0.417 e. The lowest BCUT2D eigenvalue weighted by molar-refractivity contribution is -0.139. The number of hydrogen-bond acceptors (Lipinski definition) is 2. The second kappa shape index (κ2) is 6.58. The third-order valence-corrected chi connectivity index (χ3v) is 7.19. The molecule has 2 aromatic carbocycles. The standard InChI is InChI=1S/C14H6Br2F6O2S/c15-11-7(13(17,18)19)3-1-5-9(11)25(23,24)10-6-2-4-8(12(10)16)14(20,21)22/h1-6H. The molecule has 0 saturated heterocycles. The summed E-state index contributed by atoms with van der Waals surface area (Å²) < 4.78 is 101. The topological polar surface area (TPSA) is 34.1 Å². The molecule has 0 atom stereocenters. The van der Waals surface area contributed by atoms with E-state index >= 15 is 0 Å². The van der Waals surface area contributed by atoms with Crippen LogP contribution in [0.15, 0.2) is 55.1 Å². The Kier molecular flexibility index (Phi) is 5.33. The Morgan fingerprint density at radius 1 is 0.680 bits per heavy atom. The van der Waals surface area contributed by atoms with Crippen LogP contribution in [0.2, 0.25) is 0 Å². The van der Waals surface area contributed by atoms with Crippen molar-refractivity contribution in [1.82, 2.24) is 0 Å². The lowest BCUT2D eigenvalue weighted by atomic mass is 10.2. The first-order chi connectivity index (χ1) is 11.3. The van der Waals surface area contributed by atoms with Gasteiger partial charge in [-0.15, -0.1) is 0 Å². The summed E-state index contributed by atoms with van der Waals surface area (Å²) >= 11 is 5.19. The molecule has 0 aliphatic rings. The molecular formula is C14H6Br2F6O2S. The minimum Gasteiger partial charge on any atom is -0.218 e. The van der Waals surface area contributed by atoms with Crippen molar-refractivity contribution in [3.8, 4) is 0 Å². The molecule has 0 aliphatic carbocycles. The summed E-state index contributed by atoms with van der Waals surface area (Å²) in [6, 6.07) is 4.79. The fraction of sp³-hybridized carbons (Fsp3) is 0.143. The first-order valence-corrected chi connectivity index (χ1v) is 9.31. The summed E-state index contributed by atoms with van der Waals surface area (Å²) in [6.45, 7) is 0. The van der Waals surface area contributed by atoms with Gasteiger partial charge < -0.3 is 0 Å². The van der Waals surface area contributed by atoms with Crippen LogP contribution in [0, 0.1) is 0 Å². The molecule has 0 heterocycles. The summed E-state index contributed by atoms with van der Waals surface area (Å²) in [5.74, 6) is 0. The van der Waals surface area contributed by atoms with Crippen LogP contribution in [0.5, 0.6) is 0 Å². The van der Waals surface area contributed by atoms with E-state index in [1.165, 1.54) is 0 Å². The third-order valence-electron chi connectivity index (χ3n) is 3.12. The molecule has 0 aromatic heterocycles. The average Bonchev–Trinajstić information content (AvgIpc) is 2.44. The minimum atomic E-state index is -4.84. The normalized spacial score (nSPS) is 13.1. The molecule has 0 unspecified atom stereocenters. The molecule has 0 aliphatic heterocycles. The van der Waals surface area contributed by atoms with E-state index in [4.69, 9.17) is 0 Å². The van der Waals surface area contributed by atoms with Gasteiger partial charge in [-0.25, -0.2) is 8.42 Å². The summed E-state index contributed by atoms with van der Waals surface area (Å²) in [6.07, 6.45) is -9.68. The predicted octanol–water partition coefficient (Wildman–Crippen LogP) is 6.08. The highest BCUT2D eigenvalue weighted by atomic mass is 79.9. The van der Waals surface area contributed by atoms with E-state index in [1.807, 2.05) is 0 Å². The van der Waals surface area contributed by atoms with Crippen LogP contribution in [0.3, 0.4) is 0 Å². The van der Waals surface area contributed by atoms with E-state index in [0.717, 1.165) is 24.3 Å². The SMILES string of the molecule is O=S(=O)(c1cccc(C(F)(F)F)c1Br)c1cccc(C(F)(F)F)c1Br. The number of rotatable bonds is 2. The molecule has 2 rings (SSSR count). The molecule has 0 amide bonds. The fourth-order valence-corrected chi connectivity index (χ4v) is 5.69. The highest BCUT2D eigenvalue weighted by molar-refractivity contribution is 9.11. The Labute approximate surface area is 155 Å². The summed E-state index contributed by atoms with van der Waals surface area (Å²) in [5, 5.41) is 0. The van der Waals surface area contributed by atoms with Gasteiger partial charge in [-0.2, -0.15) is 26.3 Å². The van der Waals surface area contributed by atoms with Gasteiger partial charge in [0.2, 0.25) is 9.84 Å². The van der Waals surface area contributed by atoms with E-state index in [9.17, 15) is 34.8 Å². The van der Waals surface area contributed by atoms with Gasteiger partial charge in [-0.3, -0.25) is 0 Å². The van der Waals surface area contributed by atoms with Crippen LogP contribution in [-0.2, 0) is 22.2 Å². The first kappa shape index (κ1) is 20.2. The Hall–Kier alpha value is -1.07. The Morgan fingerprint density at radius 2 is 1.00 bits per heavy atom. The maximum Gasteiger partial charge on any atom is 0.417 e. The second-order valence-electron chi connectivity index (χ2n) is 4.73. The number of alkyl halides is 6. The number of halogens is 8. The molecule has 2 nitrogen and oxygen atoms in total. The van der Waals surface area contributed by atoms with Crippen molar-refractivity contribution in [1.29, 1.82) is 0 Å². The van der Waals surface area contributed by atoms with Gasteiger partial charge >= 0.3 is 12.4 Å². The van der Waals surface area contributed by atoms with Crippen LogP contribution < -0.4 is 0 Å². The maximum atomic E-state index is 12.9. The minimum absolute atomic E-state index is 0.657. The molecule has 11 heteroatoms. The lowest BCUT2D eigenvalue weighted by Crippen LogP contribution is -2.12. The molecule has 0 radical (unpaired) electrons. The maximum absolute atomic E-state index is 12.9. The van der Waals surface area contributed by atoms with Gasteiger partial charge in [0.15, 0.2) is 0 Å². The molecule has 0 saturated carbocycles. The van der Waals surface area contributed by atoms with E-state index in [2.05, 4.69) is 31.9 Å². The smallest absolute Gasteiger partial charge is 0.218 e. The van der Waals surface area contributed by atoms with Crippen LogP contribution >= 0.6 is 31.9 Å². The zero-order valence-electron chi connectivity index (χ0n) is 11.7. The molecular weight excluding hydrogens is 506 g/mol. The van der Waals surface area contributed by atoms with Gasteiger partial charge in [0, 0.05) is 8.95 Å². The molecule has 0 spiro atoms. The van der Waals surface area contributed by atoms with Crippen LogP contribution in [0.25, 0.3) is 0 Å². The third kappa shape index (κ3) is 3.87. The van der Waals surface area contributed by atoms with E-state index < -0.39 is 52.1 Å². The molecule has 2 aromatic rings. The van der Waals surface area contributed by atoms with Crippen LogP contribution in [-0.4, -0.2) is 8.42 Å². The van der Waals surface area contributed by atoms with Crippen molar-refractivity contribution >= 4 is 41.7 Å². The van der Waals surface area contributed by atoms with E-state index in [1.54, 1.807) is 0 Å². The Balaban J connectivity index is 2.74. The lowest BCUT2D eigenvalue weighted by Gasteiger charge is -2.16. The van der Waals surface area contributed by atoms with Crippen molar-refractivity contribution < 1.29 is 34.8 Å². The highest BCUT2D eigenvalue weighted by Gasteiger charge is 2.38. The van der Waals surface area contributed by atoms with Gasteiger partial charge in [0.25, 0.3) is 0 Å². The summed E-state index contributed by atoms with van der Waals surface area (Å²) in [7, 11) is -4.66. The van der Waals surface area contributed by atoms with Gasteiger partial charge in [0.05, 0.1) is 20.9 Å².